The molecule has 1 aromatic heterocycles. The van der Waals surface area contributed by atoms with Crippen LogP contribution in [0, 0.1) is 6.92 Å². The first-order valence-electron chi connectivity index (χ1n) is 9.20. The Labute approximate surface area is 192 Å². The first-order chi connectivity index (χ1) is 14.6. The van der Waals surface area contributed by atoms with Crippen molar-refractivity contribution in [2.75, 3.05) is 11.1 Å². The summed E-state index contributed by atoms with van der Waals surface area (Å²) >= 11 is 10.7. The van der Waals surface area contributed by atoms with Gasteiger partial charge in [-0.1, -0.05) is 95.0 Å². The van der Waals surface area contributed by atoms with E-state index in [9.17, 15) is 4.79 Å². The summed E-state index contributed by atoms with van der Waals surface area (Å²) in [4.78, 5) is 12.2. The Morgan fingerprint density at radius 2 is 1.80 bits per heavy atom. The van der Waals surface area contributed by atoms with Gasteiger partial charge in [0.05, 0.1) is 5.75 Å². The number of rotatable bonds is 7. The molecule has 0 atom stereocenters. The number of carbonyl (C=O) groups is 1. The van der Waals surface area contributed by atoms with E-state index in [0.717, 1.165) is 20.0 Å². The molecule has 0 aliphatic carbocycles. The number of halogens is 1. The van der Waals surface area contributed by atoms with Crippen molar-refractivity contribution in [3.05, 3.63) is 76.8 Å². The average Bonchev–Trinajstić information content (AvgIpc) is 3.21. The van der Waals surface area contributed by atoms with Crippen molar-refractivity contribution in [3.8, 4) is 0 Å². The van der Waals surface area contributed by atoms with Crippen LogP contribution in [0.1, 0.15) is 11.1 Å². The third kappa shape index (κ3) is 5.35. The van der Waals surface area contributed by atoms with Crippen LogP contribution in [0.5, 0.6) is 0 Å². The van der Waals surface area contributed by atoms with Gasteiger partial charge in [0, 0.05) is 16.5 Å². The second kappa shape index (κ2) is 9.83. The Balaban J connectivity index is 1.30. The maximum absolute atomic E-state index is 12.2. The lowest BCUT2D eigenvalue weighted by molar-refractivity contribution is -0.113. The normalized spacial score (nSPS) is 11.0. The third-order valence-corrected chi connectivity index (χ3v) is 8.05. The van der Waals surface area contributed by atoms with Crippen LogP contribution in [-0.4, -0.2) is 21.9 Å². The van der Waals surface area contributed by atoms with Crippen LogP contribution in [0.15, 0.2) is 69.3 Å². The number of amides is 1. The van der Waals surface area contributed by atoms with Gasteiger partial charge in [0.1, 0.15) is 0 Å². The molecule has 3 aromatic carbocycles. The van der Waals surface area contributed by atoms with E-state index in [0.29, 0.717) is 10.7 Å². The van der Waals surface area contributed by atoms with Crippen LogP contribution < -0.4 is 5.32 Å². The van der Waals surface area contributed by atoms with Crippen molar-refractivity contribution in [2.45, 2.75) is 21.4 Å². The average molecular weight is 472 g/mol. The highest BCUT2D eigenvalue weighted by atomic mass is 35.5. The molecular formula is C22H18ClN3OS3. The molecular weight excluding hydrogens is 454 g/mol. The third-order valence-electron chi connectivity index (χ3n) is 4.40. The molecule has 0 spiro atoms. The number of nitrogens with zero attached hydrogens (tertiary/aromatic N) is 2. The number of anilines is 1. The highest BCUT2D eigenvalue weighted by molar-refractivity contribution is 8.03. The molecule has 0 fully saturated rings. The van der Waals surface area contributed by atoms with Gasteiger partial charge in [0.2, 0.25) is 5.91 Å². The number of hydrogen-bond acceptors (Lipinski definition) is 6. The number of carbonyl (C=O) groups excluding carboxylic acids is 1. The topological polar surface area (TPSA) is 54.9 Å². The maximum Gasteiger partial charge on any atom is 0.234 e. The summed E-state index contributed by atoms with van der Waals surface area (Å²) in [6.45, 7) is 1.93. The highest BCUT2D eigenvalue weighted by Crippen LogP contribution is 2.32. The van der Waals surface area contributed by atoms with Crippen LogP contribution in [0.25, 0.3) is 10.8 Å². The second-order valence-corrected chi connectivity index (χ2v) is 10.4. The number of benzene rings is 3. The van der Waals surface area contributed by atoms with Gasteiger partial charge < -0.3 is 5.32 Å². The van der Waals surface area contributed by atoms with Crippen LogP contribution in [0.3, 0.4) is 0 Å². The monoisotopic (exact) mass is 471 g/mol. The molecule has 30 heavy (non-hydrogen) atoms. The molecule has 4 rings (SSSR count). The Morgan fingerprint density at radius 1 is 1.03 bits per heavy atom. The number of aryl methyl sites for hydroxylation is 1. The minimum atomic E-state index is -0.0971. The quantitative estimate of drug-likeness (QED) is 0.305. The van der Waals surface area contributed by atoms with E-state index in [1.54, 1.807) is 17.8 Å². The van der Waals surface area contributed by atoms with E-state index < -0.39 is 0 Å². The fraction of sp³-hybridized carbons (Fsp3) is 0.136. The minimum Gasteiger partial charge on any atom is -0.325 e. The van der Waals surface area contributed by atoms with E-state index in [2.05, 4.69) is 58.0 Å². The zero-order valence-corrected chi connectivity index (χ0v) is 19.3. The van der Waals surface area contributed by atoms with E-state index in [1.807, 2.05) is 19.1 Å². The molecule has 152 valence electrons. The standard InChI is InChI=1S/C22H18ClN3OS3/c1-14-9-10-17(11-19(14)23)24-20(27)13-29-22-26-25-21(30-22)28-12-16-7-4-6-15-5-2-3-8-18(15)16/h2-11H,12-13H2,1H3,(H,24,27). The fourth-order valence-corrected chi connectivity index (χ4v) is 5.87. The summed E-state index contributed by atoms with van der Waals surface area (Å²) < 4.78 is 1.68. The largest absolute Gasteiger partial charge is 0.325 e. The molecule has 0 unspecified atom stereocenters. The molecule has 8 heteroatoms. The Kier molecular flexibility index (Phi) is 6.94. The highest BCUT2D eigenvalue weighted by Gasteiger charge is 2.10. The van der Waals surface area contributed by atoms with E-state index in [1.165, 1.54) is 39.4 Å². The zero-order valence-electron chi connectivity index (χ0n) is 16.1. The van der Waals surface area contributed by atoms with Crippen molar-refractivity contribution < 1.29 is 4.79 Å². The van der Waals surface area contributed by atoms with Crippen LogP contribution in [0.2, 0.25) is 5.02 Å². The zero-order chi connectivity index (χ0) is 20.9. The summed E-state index contributed by atoms with van der Waals surface area (Å²) in [5.41, 5.74) is 2.95. The lowest BCUT2D eigenvalue weighted by Crippen LogP contribution is -2.13. The van der Waals surface area contributed by atoms with Gasteiger partial charge in [-0.3, -0.25) is 4.79 Å². The van der Waals surface area contributed by atoms with Crippen LogP contribution in [-0.2, 0) is 10.5 Å². The predicted octanol–water partition coefficient (Wildman–Crippen LogP) is 6.68. The van der Waals surface area contributed by atoms with Gasteiger partial charge in [-0.05, 0) is 41.0 Å². The first-order valence-corrected chi connectivity index (χ1v) is 12.4. The van der Waals surface area contributed by atoms with Crippen molar-refractivity contribution in [3.63, 3.8) is 0 Å². The smallest absolute Gasteiger partial charge is 0.234 e. The summed E-state index contributed by atoms with van der Waals surface area (Å²) in [6.07, 6.45) is 0. The predicted molar refractivity (Wildman–Crippen MR) is 129 cm³/mol. The van der Waals surface area contributed by atoms with Crippen molar-refractivity contribution in [2.24, 2.45) is 0 Å². The lowest BCUT2D eigenvalue weighted by atomic mass is 10.1. The van der Waals surface area contributed by atoms with Gasteiger partial charge in [0.15, 0.2) is 8.68 Å². The van der Waals surface area contributed by atoms with Crippen molar-refractivity contribution in [1.82, 2.24) is 10.2 Å². The molecule has 0 bridgehead atoms. The minimum absolute atomic E-state index is 0.0971. The SMILES string of the molecule is Cc1ccc(NC(=O)CSc2nnc(SCc3cccc4ccccc34)s2)cc1Cl. The Morgan fingerprint density at radius 3 is 2.63 bits per heavy atom. The molecule has 1 amide bonds. The van der Waals surface area contributed by atoms with Gasteiger partial charge >= 0.3 is 0 Å². The van der Waals surface area contributed by atoms with Crippen LogP contribution >= 0.6 is 46.5 Å². The van der Waals surface area contributed by atoms with Crippen molar-refractivity contribution >= 4 is 68.8 Å². The van der Waals surface area contributed by atoms with Gasteiger partial charge in [-0.25, -0.2) is 0 Å². The molecule has 0 radical (unpaired) electrons. The second-order valence-electron chi connectivity index (χ2n) is 6.56. The number of aromatic nitrogens is 2. The summed E-state index contributed by atoms with van der Waals surface area (Å²) in [6, 6.07) is 20.2. The summed E-state index contributed by atoms with van der Waals surface area (Å²) in [7, 11) is 0. The molecule has 0 aliphatic heterocycles. The lowest BCUT2D eigenvalue weighted by Gasteiger charge is -2.06. The Hall–Kier alpha value is -2.06. The number of fused-ring (bicyclic) bond motifs is 1. The van der Waals surface area contributed by atoms with E-state index in [4.69, 9.17) is 11.6 Å². The summed E-state index contributed by atoms with van der Waals surface area (Å²) in [5, 5.41) is 14.5. The molecule has 0 saturated heterocycles. The fourth-order valence-electron chi connectivity index (χ4n) is 2.87. The Bertz CT molecular complexity index is 1190. The van der Waals surface area contributed by atoms with E-state index >= 15 is 0 Å². The molecule has 4 nitrogen and oxygen atoms in total. The summed E-state index contributed by atoms with van der Waals surface area (Å²) in [5.74, 6) is 1.00. The molecule has 4 aromatic rings. The van der Waals surface area contributed by atoms with Gasteiger partial charge in [-0.15, -0.1) is 10.2 Å². The molecule has 0 aliphatic rings. The molecule has 1 heterocycles. The molecule has 1 N–H and O–H groups in total. The van der Waals surface area contributed by atoms with Crippen LogP contribution in [0.4, 0.5) is 5.69 Å². The number of thioether (sulfide) groups is 2. The molecule has 0 saturated carbocycles. The van der Waals surface area contributed by atoms with Gasteiger partial charge in [0.25, 0.3) is 0 Å². The number of nitrogens with one attached hydrogen (secondary N) is 1. The maximum atomic E-state index is 12.2. The first kappa shape index (κ1) is 21.2. The number of hydrogen-bond donors (Lipinski definition) is 1. The van der Waals surface area contributed by atoms with Crippen molar-refractivity contribution in [1.29, 1.82) is 0 Å². The van der Waals surface area contributed by atoms with Gasteiger partial charge in [-0.2, -0.15) is 0 Å². The van der Waals surface area contributed by atoms with E-state index in [-0.39, 0.29) is 11.7 Å².